The van der Waals surface area contributed by atoms with Gasteiger partial charge in [-0.15, -0.1) is 0 Å². The number of aryl methyl sites for hydroxylation is 2. The second-order valence-corrected chi connectivity index (χ2v) is 7.06. The van der Waals surface area contributed by atoms with Crippen LogP contribution < -0.4 is 10.8 Å². The summed E-state index contributed by atoms with van der Waals surface area (Å²) >= 11 is 0. The number of hydrogen-bond acceptors (Lipinski definition) is 4. The first kappa shape index (κ1) is 19.6. The van der Waals surface area contributed by atoms with Crippen molar-refractivity contribution in [3.8, 4) is 0 Å². The minimum atomic E-state index is -0.609. The first-order valence-electron chi connectivity index (χ1n) is 9.49. The highest BCUT2D eigenvalue weighted by Gasteiger charge is 2.21. The topological polar surface area (TPSA) is 79.0 Å². The highest BCUT2D eigenvalue weighted by molar-refractivity contribution is 6.04. The summed E-state index contributed by atoms with van der Waals surface area (Å²) in [6.45, 7) is 4.10. The highest BCUT2D eigenvalue weighted by Crippen LogP contribution is 2.31. The molecule has 0 fully saturated rings. The average Bonchev–Trinajstić information content (AvgIpc) is 3.21. The number of hydroxylamine groups is 1. The van der Waals surface area contributed by atoms with Gasteiger partial charge in [-0.05, 0) is 37.1 Å². The summed E-state index contributed by atoms with van der Waals surface area (Å²) in [6.07, 6.45) is 1.39. The van der Waals surface area contributed by atoms with E-state index in [0.29, 0.717) is 11.2 Å². The first-order chi connectivity index (χ1) is 14.5. The molecule has 3 aromatic carbocycles. The van der Waals surface area contributed by atoms with E-state index < -0.39 is 11.7 Å². The van der Waals surface area contributed by atoms with Crippen molar-refractivity contribution >= 4 is 28.3 Å². The smallest absolute Gasteiger partial charge is 0.277 e. The minimum Gasteiger partial charge on any atom is -0.352 e. The van der Waals surface area contributed by atoms with Crippen LogP contribution in [0, 0.1) is 19.7 Å². The van der Waals surface area contributed by atoms with Crippen molar-refractivity contribution in [1.29, 1.82) is 0 Å². The Bertz CT molecular complexity index is 1200. The molecule has 0 bridgehead atoms. The fourth-order valence-corrected chi connectivity index (χ4v) is 3.25. The van der Waals surface area contributed by atoms with Gasteiger partial charge in [0.1, 0.15) is 5.52 Å². The lowest BCUT2D eigenvalue weighted by molar-refractivity contribution is 0.0234. The maximum atomic E-state index is 15.2. The number of carbonyl (C=O) groups excluding carboxylic acids is 1. The average molecular weight is 404 g/mol. The second-order valence-electron chi connectivity index (χ2n) is 7.06. The predicted molar refractivity (Wildman–Crippen MR) is 114 cm³/mol. The van der Waals surface area contributed by atoms with Gasteiger partial charge in [0.2, 0.25) is 0 Å². The Balaban J connectivity index is 1.63. The lowest BCUT2D eigenvalue weighted by Crippen LogP contribution is -2.25. The first-order valence-corrected chi connectivity index (χ1v) is 9.49. The molecule has 1 aromatic heterocycles. The summed E-state index contributed by atoms with van der Waals surface area (Å²) in [5.41, 5.74) is 6.77. The quantitative estimate of drug-likeness (QED) is 0.399. The number of H-pyrrole nitrogens is 1. The molecule has 0 saturated heterocycles. The Hall–Kier alpha value is -3.71. The van der Waals surface area contributed by atoms with Crippen LogP contribution in [0.25, 0.3) is 11.0 Å². The zero-order valence-electron chi connectivity index (χ0n) is 16.6. The Kier molecular flexibility index (Phi) is 5.45. The molecule has 0 unspecified atom stereocenters. The molecule has 30 heavy (non-hydrogen) atoms. The van der Waals surface area contributed by atoms with Gasteiger partial charge in [0.25, 0.3) is 5.91 Å². The number of benzene rings is 3. The van der Waals surface area contributed by atoms with Gasteiger partial charge < -0.3 is 10.3 Å². The number of halogens is 1. The number of anilines is 2. The normalized spacial score (nSPS) is 10.9. The summed E-state index contributed by atoms with van der Waals surface area (Å²) in [6, 6.07) is 16.7. The van der Waals surface area contributed by atoms with Gasteiger partial charge >= 0.3 is 0 Å². The van der Waals surface area contributed by atoms with Crippen molar-refractivity contribution < 1.29 is 14.0 Å². The number of carbonyl (C=O) groups is 1. The molecule has 0 aliphatic heterocycles. The monoisotopic (exact) mass is 404 g/mol. The van der Waals surface area contributed by atoms with E-state index in [1.807, 2.05) is 62.4 Å². The number of amides is 1. The molecule has 0 atom stereocenters. The number of imidazole rings is 1. The molecule has 1 heterocycles. The molecule has 0 radical (unpaired) electrons. The number of aromatic amines is 1. The van der Waals surface area contributed by atoms with Gasteiger partial charge in [0.15, 0.2) is 5.82 Å². The van der Waals surface area contributed by atoms with Crippen molar-refractivity contribution in [2.75, 3.05) is 5.32 Å². The van der Waals surface area contributed by atoms with Crippen LogP contribution in [0.4, 0.5) is 15.8 Å². The second kappa shape index (κ2) is 8.34. The largest absolute Gasteiger partial charge is 0.352 e. The van der Waals surface area contributed by atoms with Crippen LogP contribution in [0.5, 0.6) is 0 Å². The van der Waals surface area contributed by atoms with Crippen LogP contribution in [0.15, 0.2) is 60.9 Å². The molecule has 152 valence electrons. The summed E-state index contributed by atoms with van der Waals surface area (Å²) in [5, 5.41) is 3.06. The molecule has 6 nitrogen and oxygen atoms in total. The minimum absolute atomic E-state index is 0.0439. The molecule has 1 amide bonds. The zero-order valence-corrected chi connectivity index (χ0v) is 16.6. The zero-order chi connectivity index (χ0) is 21.1. The molecule has 4 aromatic rings. The third kappa shape index (κ3) is 4.01. The van der Waals surface area contributed by atoms with Crippen LogP contribution in [0.2, 0.25) is 0 Å². The van der Waals surface area contributed by atoms with Gasteiger partial charge in [-0.1, -0.05) is 48.0 Å². The van der Waals surface area contributed by atoms with E-state index in [2.05, 4.69) is 20.8 Å². The number of aromatic nitrogens is 2. The van der Waals surface area contributed by atoms with Crippen LogP contribution >= 0.6 is 0 Å². The number of rotatable bonds is 6. The molecule has 7 heteroatoms. The summed E-state index contributed by atoms with van der Waals surface area (Å²) in [5.74, 6) is -1.17. The molecule has 0 spiro atoms. The van der Waals surface area contributed by atoms with Gasteiger partial charge in [-0.25, -0.2) is 14.9 Å². The van der Waals surface area contributed by atoms with E-state index in [-0.39, 0.29) is 23.4 Å². The number of nitrogens with zero attached hydrogens (tertiary/aromatic N) is 1. The lowest BCUT2D eigenvalue weighted by atomic mass is 10.1. The van der Waals surface area contributed by atoms with E-state index in [1.165, 1.54) is 6.33 Å². The number of hydrogen-bond donors (Lipinski definition) is 3. The Morgan fingerprint density at radius 3 is 2.70 bits per heavy atom. The molecular formula is C23H21FN4O2. The van der Waals surface area contributed by atoms with Crippen LogP contribution in [0.1, 0.15) is 27.0 Å². The van der Waals surface area contributed by atoms with Crippen molar-refractivity contribution in [2.24, 2.45) is 0 Å². The molecule has 0 aliphatic carbocycles. The lowest BCUT2D eigenvalue weighted by Gasteiger charge is -2.15. The fraction of sp³-hybridized carbons (Fsp3) is 0.130. The van der Waals surface area contributed by atoms with E-state index >= 15 is 4.39 Å². The summed E-state index contributed by atoms with van der Waals surface area (Å²) in [4.78, 5) is 25.0. The van der Waals surface area contributed by atoms with Crippen molar-refractivity contribution in [2.45, 2.75) is 20.5 Å². The molecule has 3 N–H and O–H groups in total. The molecular weight excluding hydrogens is 383 g/mol. The SMILES string of the molecule is Cc1ccc(Nc2c(C(=O)NOCc3ccccc3)cc3[nH]cnc3c2F)c(C)c1. The Labute approximate surface area is 173 Å². The van der Waals surface area contributed by atoms with E-state index in [4.69, 9.17) is 4.84 Å². The molecule has 0 aliphatic rings. The third-order valence-electron chi connectivity index (χ3n) is 4.79. The summed E-state index contributed by atoms with van der Waals surface area (Å²) < 4.78 is 15.2. The Morgan fingerprint density at radius 2 is 1.93 bits per heavy atom. The van der Waals surface area contributed by atoms with Gasteiger partial charge in [0.05, 0.1) is 29.7 Å². The van der Waals surface area contributed by atoms with Crippen LogP contribution in [0.3, 0.4) is 0 Å². The maximum Gasteiger partial charge on any atom is 0.277 e. The van der Waals surface area contributed by atoms with Crippen LogP contribution in [-0.2, 0) is 11.4 Å². The van der Waals surface area contributed by atoms with Crippen molar-refractivity contribution in [1.82, 2.24) is 15.4 Å². The third-order valence-corrected chi connectivity index (χ3v) is 4.79. The van der Waals surface area contributed by atoms with Crippen LogP contribution in [-0.4, -0.2) is 15.9 Å². The van der Waals surface area contributed by atoms with Gasteiger partial charge in [-0.3, -0.25) is 9.63 Å². The van der Waals surface area contributed by atoms with E-state index in [9.17, 15) is 4.79 Å². The van der Waals surface area contributed by atoms with Crippen molar-refractivity contribution in [3.63, 3.8) is 0 Å². The fourth-order valence-electron chi connectivity index (χ4n) is 3.25. The van der Waals surface area contributed by atoms with Crippen molar-refractivity contribution in [3.05, 3.63) is 89.0 Å². The standard InChI is InChI=1S/C23H21FN4O2/c1-14-8-9-18(15(2)10-14)27-21-17(11-19-22(20(21)24)26-13-25-19)23(29)28-30-12-16-6-4-3-5-7-16/h3-11,13,27H,12H2,1-2H3,(H,25,26)(H,28,29). The van der Waals surface area contributed by atoms with Gasteiger partial charge in [0, 0.05) is 5.69 Å². The van der Waals surface area contributed by atoms with Gasteiger partial charge in [-0.2, -0.15) is 0 Å². The predicted octanol–water partition coefficient (Wildman–Crippen LogP) is 4.92. The number of fused-ring (bicyclic) bond motifs is 1. The van der Waals surface area contributed by atoms with E-state index in [0.717, 1.165) is 16.7 Å². The number of nitrogens with one attached hydrogen (secondary N) is 3. The van der Waals surface area contributed by atoms with E-state index in [1.54, 1.807) is 6.07 Å². The maximum absolute atomic E-state index is 15.2. The summed E-state index contributed by atoms with van der Waals surface area (Å²) in [7, 11) is 0. The molecule has 4 rings (SSSR count). The Morgan fingerprint density at radius 1 is 1.13 bits per heavy atom. The highest BCUT2D eigenvalue weighted by atomic mass is 19.1. The molecule has 0 saturated carbocycles.